The van der Waals surface area contributed by atoms with Gasteiger partial charge < -0.3 is 9.80 Å². The van der Waals surface area contributed by atoms with Crippen LogP contribution in [0.25, 0.3) is 0 Å². The van der Waals surface area contributed by atoms with Crippen molar-refractivity contribution in [2.75, 3.05) is 24.5 Å². The van der Waals surface area contributed by atoms with Crippen LogP contribution in [0, 0.1) is 18.8 Å². The van der Waals surface area contributed by atoms with E-state index in [0.717, 1.165) is 37.2 Å². The topological polar surface area (TPSA) is 40.6 Å². The fraction of sp³-hybridized carbons (Fsp3) is 0.600. The number of likely N-dealkylation sites (tertiary alicyclic amines) is 1. The van der Waals surface area contributed by atoms with Crippen molar-refractivity contribution in [2.45, 2.75) is 46.5 Å². The molecule has 0 aromatic heterocycles. The number of para-hydroxylation sites is 1. The maximum Gasteiger partial charge on any atom is 0.228 e. The SMILES string of the molecule is CCc1cccc(C)c1N1CC(C(=O)N2CCCC(C)C2)CC1=O. The Morgan fingerprint density at radius 1 is 1.29 bits per heavy atom. The van der Waals surface area contributed by atoms with Gasteiger partial charge in [-0.3, -0.25) is 9.59 Å². The Morgan fingerprint density at radius 2 is 2.08 bits per heavy atom. The van der Waals surface area contributed by atoms with E-state index in [-0.39, 0.29) is 17.7 Å². The molecule has 2 fully saturated rings. The molecule has 2 saturated heterocycles. The minimum absolute atomic E-state index is 0.0856. The number of hydrogen-bond acceptors (Lipinski definition) is 2. The van der Waals surface area contributed by atoms with Crippen LogP contribution in [0.5, 0.6) is 0 Å². The highest BCUT2D eigenvalue weighted by Crippen LogP contribution is 2.32. The van der Waals surface area contributed by atoms with Crippen molar-refractivity contribution in [3.63, 3.8) is 0 Å². The number of amides is 2. The molecule has 1 aromatic carbocycles. The van der Waals surface area contributed by atoms with Crippen LogP contribution in [0.3, 0.4) is 0 Å². The Bertz CT molecular complexity index is 641. The summed E-state index contributed by atoms with van der Waals surface area (Å²) in [4.78, 5) is 29.3. The molecule has 0 bridgehead atoms. The van der Waals surface area contributed by atoms with Gasteiger partial charge in [0.1, 0.15) is 0 Å². The molecule has 3 rings (SSSR count). The number of carbonyl (C=O) groups excluding carboxylic acids is 2. The highest BCUT2D eigenvalue weighted by atomic mass is 16.2. The molecule has 24 heavy (non-hydrogen) atoms. The molecule has 0 saturated carbocycles. The van der Waals surface area contributed by atoms with Crippen molar-refractivity contribution < 1.29 is 9.59 Å². The molecule has 0 N–H and O–H groups in total. The Labute approximate surface area is 144 Å². The fourth-order valence-electron chi connectivity index (χ4n) is 4.13. The van der Waals surface area contributed by atoms with Crippen LogP contribution in [-0.2, 0) is 16.0 Å². The van der Waals surface area contributed by atoms with Crippen LogP contribution in [0.4, 0.5) is 5.69 Å². The summed E-state index contributed by atoms with van der Waals surface area (Å²) in [6.07, 6.45) is 3.52. The van der Waals surface area contributed by atoms with Crippen molar-refractivity contribution in [3.8, 4) is 0 Å². The summed E-state index contributed by atoms with van der Waals surface area (Å²) >= 11 is 0. The summed E-state index contributed by atoms with van der Waals surface area (Å²) in [5.74, 6) is 0.637. The van der Waals surface area contributed by atoms with Crippen molar-refractivity contribution in [2.24, 2.45) is 11.8 Å². The lowest BCUT2D eigenvalue weighted by Crippen LogP contribution is -2.43. The Kier molecular flexibility index (Phi) is 4.93. The van der Waals surface area contributed by atoms with Crippen LogP contribution in [0.2, 0.25) is 0 Å². The first-order chi connectivity index (χ1) is 11.5. The summed E-state index contributed by atoms with van der Waals surface area (Å²) in [6, 6.07) is 6.16. The zero-order valence-electron chi connectivity index (χ0n) is 15.0. The third-order valence-corrected chi connectivity index (χ3v) is 5.42. The van der Waals surface area contributed by atoms with Crippen molar-refractivity contribution in [3.05, 3.63) is 29.3 Å². The lowest BCUT2D eigenvalue weighted by atomic mass is 9.98. The van der Waals surface area contributed by atoms with Gasteiger partial charge in [0.2, 0.25) is 11.8 Å². The highest BCUT2D eigenvalue weighted by Gasteiger charge is 2.38. The first-order valence-corrected chi connectivity index (χ1v) is 9.19. The van der Waals surface area contributed by atoms with Gasteiger partial charge in [0, 0.05) is 31.7 Å². The summed E-state index contributed by atoms with van der Waals surface area (Å²) in [6.45, 7) is 8.57. The maximum atomic E-state index is 12.9. The molecule has 2 amide bonds. The van der Waals surface area contributed by atoms with E-state index in [0.29, 0.717) is 18.9 Å². The zero-order chi connectivity index (χ0) is 17.3. The molecular formula is C20H28N2O2. The number of piperidine rings is 1. The van der Waals surface area contributed by atoms with E-state index in [1.54, 1.807) is 0 Å². The van der Waals surface area contributed by atoms with E-state index < -0.39 is 0 Å². The van der Waals surface area contributed by atoms with Crippen LogP contribution >= 0.6 is 0 Å². The van der Waals surface area contributed by atoms with E-state index in [1.807, 2.05) is 28.9 Å². The van der Waals surface area contributed by atoms with E-state index >= 15 is 0 Å². The van der Waals surface area contributed by atoms with Crippen molar-refractivity contribution >= 4 is 17.5 Å². The number of anilines is 1. The maximum absolute atomic E-state index is 12.9. The molecular weight excluding hydrogens is 300 g/mol. The Hall–Kier alpha value is -1.84. The predicted molar refractivity (Wildman–Crippen MR) is 96.0 cm³/mol. The second kappa shape index (κ2) is 6.96. The van der Waals surface area contributed by atoms with Gasteiger partial charge in [-0.25, -0.2) is 0 Å². The molecule has 4 heteroatoms. The summed E-state index contributed by atoms with van der Waals surface area (Å²) < 4.78 is 0. The molecule has 4 nitrogen and oxygen atoms in total. The van der Waals surface area contributed by atoms with Gasteiger partial charge in [-0.1, -0.05) is 32.0 Å². The summed E-state index contributed by atoms with van der Waals surface area (Å²) in [5.41, 5.74) is 3.32. The Balaban J connectivity index is 1.78. The number of aryl methyl sites for hydroxylation is 2. The second-order valence-electron chi connectivity index (χ2n) is 7.37. The van der Waals surface area contributed by atoms with Gasteiger partial charge in [0.15, 0.2) is 0 Å². The third kappa shape index (κ3) is 3.19. The number of nitrogens with zero attached hydrogens (tertiary/aromatic N) is 2. The lowest BCUT2D eigenvalue weighted by Gasteiger charge is -2.32. The largest absolute Gasteiger partial charge is 0.342 e. The van der Waals surface area contributed by atoms with Gasteiger partial charge >= 0.3 is 0 Å². The molecule has 130 valence electrons. The first-order valence-electron chi connectivity index (χ1n) is 9.19. The van der Waals surface area contributed by atoms with Crippen LogP contribution < -0.4 is 4.90 Å². The molecule has 2 aliphatic rings. The average Bonchev–Trinajstić information content (AvgIpc) is 2.95. The lowest BCUT2D eigenvalue weighted by molar-refractivity contribution is -0.137. The van der Waals surface area contributed by atoms with E-state index in [1.165, 1.54) is 12.0 Å². The molecule has 2 atom stereocenters. The number of carbonyl (C=O) groups is 2. The minimum Gasteiger partial charge on any atom is -0.342 e. The number of rotatable bonds is 3. The first kappa shape index (κ1) is 17.0. The van der Waals surface area contributed by atoms with Gasteiger partial charge in [-0.05, 0) is 43.2 Å². The molecule has 1 aromatic rings. The molecule has 0 spiro atoms. The molecule has 2 aliphatic heterocycles. The number of benzene rings is 1. The summed E-state index contributed by atoms with van der Waals surface area (Å²) in [5, 5.41) is 0. The van der Waals surface area contributed by atoms with Crippen molar-refractivity contribution in [1.29, 1.82) is 0 Å². The molecule has 2 unspecified atom stereocenters. The smallest absolute Gasteiger partial charge is 0.228 e. The van der Waals surface area contributed by atoms with Gasteiger partial charge in [0.05, 0.1) is 5.92 Å². The normalized spacial score (nSPS) is 24.5. The van der Waals surface area contributed by atoms with Gasteiger partial charge in [-0.2, -0.15) is 0 Å². The van der Waals surface area contributed by atoms with Crippen LogP contribution in [0.1, 0.15) is 44.2 Å². The standard InChI is InChI=1S/C20H28N2O2/c1-4-16-9-5-8-15(3)19(16)22-13-17(11-18(22)23)20(24)21-10-6-7-14(2)12-21/h5,8-9,14,17H,4,6-7,10-13H2,1-3H3. The van der Waals surface area contributed by atoms with Crippen LogP contribution in [0.15, 0.2) is 18.2 Å². The minimum atomic E-state index is -0.188. The molecule has 2 heterocycles. The van der Waals surface area contributed by atoms with Crippen LogP contribution in [-0.4, -0.2) is 36.3 Å². The fourth-order valence-corrected chi connectivity index (χ4v) is 4.13. The third-order valence-electron chi connectivity index (χ3n) is 5.42. The quantitative estimate of drug-likeness (QED) is 0.855. The van der Waals surface area contributed by atoms with Gasteiger partial charge in [0.25, 0.3) is 0 Å². The zero-order valence-corrected chi connectivity index (χ0v) is 15.0. The highest BCUT2D eigenvalue weighted by molar-refractivity contribution is 6.01. The number of hydrogen-bond donors (Lipinski definition) is 0. The molecule has 0 aliphatic carbocycles. The Morgan fingerprint density at radius 3 is 2.79 bits per heavy atom. The van der Waals surface area contributed by atoms with E-state index in [9.17, 15) is 9.59 Å². The second-order valence-corrected chi connectivity index (χ2v) is 7.37. The van der Waals surface area contributed by atoms with E-state index in [2.05, 4.69) is 19.9 Å². The van der Waals surface area contributed by atoms with E-state index in [4.69, 9.17) is 0 Å². The summed E-state index contributed by atoms with van der Waals surface area (Å²) in [7, 11) is 0. The average molecular weight is 328 g/mol. The molecule has 0 radical (unpaired) electrons. The monoisotopic (exact) mass is 328 g/mol. The van der Waals surface area contributed by atoms with Gasteiger partial charge in [-0.15, -0.1) is 0 Å². The van der Waals surface area contributed by atoms with Crippen molar-refractivity contribution in [1.82, 2.24) is 4.90 Å². The predicted octanol–water partition coefficient (Wildman–Crippen LogP) is 3.17.